The first-order valence-electron chi connectivity index (χ1n) is 32.5. The summed E-state index contributed by atoms with van der Waals surface area (Å²) < 4.78 is 28.4. The van der Waals surface area contributed by atoms with E-state index in [1.165, 1.54) is 44.2 Å². The zero-order valence-electron chi connectivity index (χ0n) is 51.9. The van der Waals surface area contributed by atoms with Crippen molar-refractivity contribution in [3.8, 4) is 56.4 Å². The second-order valence-corrected chi connectivity index (χ2v) is 24.0. The van der Waals surface area contributed by atoms with Gasteiger partial charge in [0, 0.05) is 34.1 Å². The Hall–Kier alpha value is -11.7. The van der Waals surface area contributed by atoms with Crippen molar-refractivity contribution in [2.75, 3.05) is 26.4 Å². The highest BCUT2D eigenvalue weighted by Gasteiger charge is 2.28. The number of hydrogen-bond acceptors (Lipinski definition) is 4. The van der Waals surface area contributed by atoms with Gasteiger partial charge in [0.25, 0.3) is 0 Å². The van der Waals surface area contributed by atoms with E-state index >= 15 is 0 Å². The Balaban J connectivity index is 0.741. The largest absolute Gasteiger partial charge is 0.489 e. The van der Waals surface area contributed by atoms with Crippen molar-refractivity contribution in [2.24, 2.45) is 0 Å². The molecule has 0 amide bonds. The predicted octanol–water partition coefficient (Wildman–Crippen LogP) is 22.9. The maximum atomic E-state index is 7.12. The van der Waals surface area contributed by atoms with Gasteiger partial charge < -0.3 is 18.9 Å². The fraction of sp³-hybridized carbons (Fsp3) is 0.0667. The lowest BCUT2D eigenvalue weighted by Gasteiger charge is -2.25. The van der Waals surface area contributed by atoms with Crippen LogP contribution < -0.4 is 18.9 Å². The molecule has 0 aromatic heterocycles. The third-order valence-electron chi connectivity index (χ3n) is 18.6. The van der Waals surface area contributed by atoms with E-state index in [4.69, 9.17) is 18.9 Å². The summed E-state index contributed by atoms with van der Waals surface area (Å²) in [7, 11) is 0. The molecule has 0 bridgehead atoms. The lowest BCUT2D eigenvalue weighted by atomic mass is 9.79. The van der Waals surface area contributed by atoms with Crippen molar-refractivity contribution in [3.05, 3.63) is 373 Å². The highest BCUT2D eigenvalue weighted by atomic mass is 16.5. The summed E-state index contributed by atoms with van der Waals surface area (Å²) in [6, 6.07) is 122. The number of hydrogen-bond donors (Lipinski definition) is 0. The van der Waals surface area contributed by atoms with Crippen molar-refractivity contribution in [1.29, 1.82) is 0 Å². The van der Waals surface area contributed by atoms with Gasteiger partial charge >= 0.3 is 0 Å². The summed E-state index contributed by atoms with van der Waals surface area (Å²) in [5, 5.41) is 13.5. The molecule has 0 saturated heterocycles. The van der Waals surface area contributed by atoms with E-state index in [1.54, 1.807) is 0 Å². The van der Waals surface area contributed by atoms with Gasteiger partial charge in [-0.25, -0.2) is 0 Å². The minimum Gasteiger partial charge on any atom is -0.489 e. The standard InChI is InChI=1S/C90H66O4/c1-5-31-67(32-6-1)83(68-33-7-2-8-34-68)77-51-45-61-25-13-19-39-71(61)85(77)87-73-41-21-15-27-63(73)47-53-79(87)91-57-59-93-81-55-49-65-29-17-23-43-75(65)89(81)90-76-44-24-18-30-66(76)50-56-82(90)94-60-58-92-80-54-48-64-28-16-22-42-74(64)88(80)86-72-40-20-14-26-62(72)46-52-78(86)84(69-35-9-3-10-36-69)70-37-11-4-12-38-70/h1-56,83-84H,57-60H2. The average molecular weight is 1210 g/mol. The highest BCUT2D eigenvalue weighted by Crippen LogP contribution is 2.51. The quantitative estimate of drug-likeness (QED) is 0.0597. The minimum absolute atomic E-state index is 0.0510. The molecule has 0 N–H and O–H groups in total. The van der Waals surface area contributed by atoms with Gasteiger partial charge in [0.15, 0.2) is 0 Å². The van der Waals surface area contributed by atoms with E-state index < -0.39 is 0 Å². The van der Waals surface area contributed by atoms with Crippen LogP contribution in [0.4, 0.5) is 0 Å². The number of rotatable bonds is 19. The molecule has 4 nitrogen and oxygen atoms in total. The first kappa shape index (κ1) is 57.4. The van der Waals surface area contributed by atoms with Crippen LogP contribution in [0.15, 0.2) is 340 Å². The summed E-state index contributed by atoms with van der Waals surface area (Å²) >= 11 is 0. The summed E-state index contributed by atoms with van der Waals surface area (Å²) in [4.78, 5) is 0. The highest BCUT2D eigenvalue weighted by molar-refractivity contribution is 6.12. The molecule has 0 radical (unpaired) electrons. The van der Waals surface area contributed by atoms with Gasteiger partial charge in [-0.2, -0.15) is 0 Å². The Bertz CT molecular complexity index is 4980. The van der Waals surface area contributed by atoms with E-state index in [0.717, 1.165) is 110 Å². The van der Waals surface area contributed by atoms with Gasteiger partial charge in [-0.15, -0.1) is 0 Å². The van der Waals surface area contributed by atoms with E-state index in [1.807, 2.05) is 0 Å². The van der Waals surface area contributed by atoms with Crippen LogP contribution in [0, 0.1) is 0 Å². The van der Waals surface area contributed by atoms with Crippen LogP contribution in [0.1, 0.15) is 45.2 Å². The summed E-state index contributed by atoms with van der Waals surface area (Å²) in [5.74, 6) is 2.96. The number of fused-ring (bicyclic) bond motifs is 6. The average Bonchev–Trinajstić information content (AvgIpc) is 0.757. The number of ether oxygens (including phenoxy) is 4. The molecule has 16 aromatic rings. The zero-order chi connectivity index (χ0) is 62.6. The van der Waals surface area contributed by atoms with Crippen LogP contribution in [0.25, 0.3) is 98.0 Å². The van der Waals surface area contributed by atoms with E-state index in [9.17, 15) is 0 Å². The van der Waals surface area contributed by atoms with Gasteiger partial charge in [-0.1, -0.05) is 315 Å². The van der Waals surface area contributed by atoms with Crippen molar-refractivity contribution in [1.82, 2.24) is 0 Å². The Kier molecular flexibility index (Phi) is 15.8. The molecular weight excluding hydrogens is 1140 g/mol. The molecular formula is C90H66O4. The Labute approximate surface area is 548 Å². The molecule has 16 aromatic carbocycles. The van der Waals surface area contributed by atoms with E-state index in [0.29, 0.717) is 0 Å². The molecule has 4 heteroatoms. The van der Waals surface area contributed by atoms with Crippen molar-refractivity contribution < 1.29 is 18.9 Å². The SMILES string of the molecule is c1ccc(C(c2ccccc2)c2ccc3ccccc3c2-c2c(OCCOc3ccc4ccccc4c3-c3c(OCCOc4ccc5ccccc5c4-c4c(C(c5ccccc5)c5ccccc5)ccc5ccccc45)ccc4ccccc34)ccc3ccccc23)cc1. The van der Waals surface area contributed by atoms with Gasteiger partial charge in [0.05, 0.1) is 0 Å². The molecule has 0 unspecified atom stereocenters. The van der Waals surface area contributed by atoms with Crippen LogP contribution in [0.2, 0.25) is 0 Å². The Morgan fingerprint density at radius 1 is 0.170 bits per heavy atom. The van der Waals surface area contributed by atoms with Crippen molar-refractivity contribution in [2.45, 2.75) is 11.8 Å². The Morgan fingerprint density at radius 3 is 0.606 bits per heavy atom. The van der Waals surface area contributed by atoms with Crippen LogP contribution in [0.3, 0.4) is 0 Å². The molecule has 0 aliphatic heterocycles. The second-order valence-electron chi connectivity index (χ2n) is 24.0. The molecule has 0 aliphatic rings. The molecule has 450 valence electrons. The summed E-state index contributed by atoms with van der Waals surface area (Å²) in [6.45, 7) is 1.11. The molecule has 0 spiro atoms. The molecule has 0 fully saturated rings. The first-order chi connectivity index (χ1) is 46.7. The van der Waals surface area contributed by atoms with Crippen molar-refractivity contribution in [3.63, 3.8) is 0 Å². The fourth-order valence-corrected chi connectivity index (χ4v) is 14.4. The van der Waals surface area contributed by atoms with Crippen LogP contribution in [0.5, 0.6) is 23.0 Å². The molecule has 16 rings (SSSR count). The predicted molar refractivity (Wildman–Crippen MR) is 390 cm³/mol. The fourth-order valence-electron chi connectivity index (χ4n) is 14.4. The normalized spacial score (nSPS) is 11.6. The van der Waals surface area contributed by atoms with Gasteiger partial charge in [0.2, 0.25) is 0 Å². The van der Waals surface area contributed by atoms with Gasteiger partial charge in [-0.05, 0) is 133 Å². The summed E-state index contributed by atoms with van der Waals surface area (Å²) in [5.41, 5.74) is 13.6. The number of benzene rings is 16. The monoisotopic (exact) mass is 1210 g/mol. The topological polar surface area (TPSA) is 36.9 Å². The molecule has 0 saturated carbocycles. The molecule has 0 heterocycles. The van der Waals surface area contributed by atoms with E-state index in [-0.39, 0.29) is 38.3 Å². The van der Waals surface area contributed by atoms with Crippen molar-refractivity contribution >= 4 is 64.6 Å². The molecule has 0 aliphatic carbocycles. The van der Waals surface area contributed by atoms with Crippen LogP contribution >= 0.6 is 0 Å². The lowest BCUT2D eigenvalue weighted by molar-refractivity contribution is 0.216. The minimum atomic E-state index is -0.0510. The summed E-state index contributed by atoms with van der Waals surface area (Å²) in [6.07, 6.45) is 0. The third-order valence-corrected chi connectivity index (χ3v) is 18.6. The van der Waals surface area contributed by atoms with Gasteiger partial charge in [0.1, 0.15) is 49.4 Å². The van der Waals surface area contributed by atoms with Gasteiger partial charge in [-0.3, -0.25) is 0 Å². The molecule has 0 atom stereocenters. The smallest absolute Gasteiger partial charge is 0.128 e. The van der Waals surface area contributed by atoms with Crippen LogP contribution in [-0.4, -0.2) is 26.4 Å². The van der Waals surface area contributed by atoms with Crippen LogP contribution in [-0.2, 0) is 0 Å². The molecule has 94 heavy (non-hydrogen) atoms. The maximum absolute atomic E-state index is 7.12. The maximum Gasteiger partial charge on any atom is 0.128 e. The lowest BCUT2D eigenvalue weighted by Crippen LogP contribution is -2.12. The first-order valence-corrected chi connectivity index (χ1v) is 32.5. The Morgan fingerprint density at radius 2 is 0.362 bits per heavy atom. The third kappa shape index (κ3) is 11.0. The second kappa shape index (κ2) is 25.9. The zero-order valence-corrected chi connectivity index (χ0v) is 51.9. The van der Waals surface area contributed by atoms with E-state index in [2.05, 4.69) is 340 Å².